The summed E-state index contributed by atoms with van der Waals surface area (Å²) in [4.78, 5) is 20.6. The third-order valence-corrected chi connectivity index (χ3v) is 3.67. The molecule has 0 saturated heterocycles. The van der Waals surface area contributed by atoms with Crippen LogP contribution in [-0.2, 0) is 0 Å². The highest BCUT2D eigenvalue weighted by atomic mass is 19.1. The van der Waals surface area contributed by atoms with Gasteiger partial charge in [0.25, 0.3) is 5.91 Å². The lowest BCUT2D eigenvalue weighted by Gasteiger charge is -2.09. The highest BCUT2D eigenvalue weighted by Crippen LogP contribution is 2.10. The van der Waals surface area contributed by atoms with Crippen molar-refractivity contribution in [3.05, 3.63) is 65.5 Å². The van der Waals surface area contributed by atoms with Crippen LogP contribution in [0.25, 0.3) is 5.82 Å². The zero-order chi connectivity index (χ0) is 18.5. The molecule has 3 rings (SSSR count). The first-order valence-corrected chi connectivity index (χ1v) is 8.16. The normalized spacial score (nSPS) is 10.6. The molecule has 0 aliphatic heterocycles. The van der Waals surface area contributed by atoms with Crippen LogP contribution in [0.1, 0.15) is 21.7 Å². The maximum Gasteiger partial charge on any atom is 0.251 e. The third kappa shape index (κ3) is 4.21. The Hall–Kier alpha value is -3.29. The van der Waals surface area contributed by atoms with Crippen LogP contribution in [0.5, 0.6) is 0 Å². The maximum absolute atomic E-state index is 12.9. The van der Waals surface area contributed by atoms with E-state index in [4.69, 9.17) is 0 Å². The summed E-state index contributed by atoms with van der Waals surface area (Å²) >= 11 is 0. The van der Waals surface area contributed by atoms with Crippen molar-refractivity contribution >= 4 is 11.7 Å². The van der Waals surface area contributed by atoms with E-state index >= 15 is 0 Å². The van der Waals surface area contributed by atoms with Crippen LogP contribution in [0.3, 0.4) is 0 Å². The molecular formula is C18H19FN6O. The first kappa shape index (κ1) is 17.5. The first-order valence-electron chi connectivity index (χ1n) is 8.16. The van der Waals surface area contributed by atoms with E-state index in [0.717, 1.165) is 11.4 Å². The number of nitrogens with zero attached hydrogens (tertiary/aromatic N) is 4. The summed E-state index contributed by atoms with van der Waals surface area (Å²) in [7, 11) is 0. The van der Waals surface area contributed by atoms with Crippen LogP contribution in [0.15, 0.2) is 42.7 Å². The quantitative estimate of drug-likeness (QED) is 0.663. The molecule has 8 heteroatoms. The summed E-state index contributed by atoms with van der Waals surface area (Å²) in [6, 6.07) is 7.37. The van der Waals surface area contributed by atoms with E-state index in [2.05, 4.69) is 25.7 Å². The van der Waals surface area contributed by atoms with Crippen molar-refractivity contribution in [1.82, 2.24) is 25.1 Å². The molecule has 2 N–H and O–H groups in total. The lowest BCUT2D eigenvalue weighted by Crippen LogP contribution is -2.28. The number of benzene rings is 1. The summed E-state index contributed by atoms with van der Waals surface area (Å²) in [5.74, 6) is 0.584. The average Bonchev–Trinajstić information content (AvgIpc) is 2.98. The van der Waals surface area contributed by atoms with Crippen LogP contribution in [0.2, 0.25) is 0 Å². The molecule has 7 nitrogen and oxygen atoms in total. The van der Waals surface area contributed by atoms with Crippen LogP contribution in [0.4, 0.5) is 10.2 Å². The van der Waals surface area contributed by atoms with Crippen LogP contribution in [0, 0.1) is 19.7 Å². The van der Waals surface area contributed by atoms with Crippen LogP contribution in [-0.4, -0.2) is 38.7 Å². The molecule has 0 aliphatic rings. The van der Waals surface area contributed by atoms with Crippen molar-refractivity contribution in [3.8, 4) is 5.82 Å². The van der Waals surface area contributed by atoms with E-state index in [1.165, 1.54) is 24.3 Å². The summed E-state index contributed by atoms with van der Waals surface area (Å²) < 4.78 is 14.6. The Morgan fingerprint density at radius 1 is 1.15 bits per heavy atom. The van der Waals surface area contributed by atoms with Gasteiger partial charge in [-0.15, -0.1) is 0 Å². The molecule has 134 valence electrons. The van der Waals surface area contributed by atoms with E-state index in [0.29, 0.717) is 30.3 Å². The Bertz CT molecular complexity index is 906. The predicted molar refractivity (Wildman–Crippen MR) is 95.9 cm³/mol. The molecule has 2 aromatic heterocycles. The average molecular weight is 354 g/mol. The fraction of sp³-hybridized carbons (Fsp3) is 0.222. The number of hydrogen-bond acceptors (Lipinski definition) is 5. The second-order valence-electron chi connectivity index (χ2n) is 5.79. The summed E-state index contributed by atoms with van der Waals surface area (Å²) in [5.41, 5.74) is 2.30. The molecule has 26 heavy (non-hydrogen) atoms. The molecule has 1 amide bonds. The van der Waals surface area contributed by atoms with Crippen molar-refractivity contribution in [2.24, 2.45) is 0 Å². The van der Waals surface area contributed by atoms with E-state index in [1.807, 2.05) is 19.9 Å². The van der Waals surface area contributed by atoms with Gasteiger partial charge >= 0.3 is 0 Å². The molecular weight excluding hydrogens is 335 g/mol. The number of amides is 1. The predicted octanol–water partition coefficient (Wildman–Crippen LogP) is 2.26. The summed E-state index contributed by atoms with van der Waals surface area (Å²) in [6.45, 7) is 4.74. The van der Waals surface area contributed by atoms with Crippen LogP contribution < -0.4 is 10.6 Å². The molecule has 0 saturated carbocycles. The van der Waals surface area contributed by atoms with Gasteiger partial charge < -0.3 is 10.6 Å². The SMILES string of the molecule is Cc1cc(C)n(-c2cncc(NCCNC(=O)c3ccc(F)cc3)n2)n1. The minimum absolute atomic E-state index is 0.255. The minimum Gasteiger partial charge on any atom is -0.367 e. The minimum atomic E-state index is -0.371. The van der Waals surface area contributed by atoms with Crippen molar-refractivity contribution in [3.63, 3.8) is 0 Å². The highest BCUT2D eigenvalue weighted by Gasteiger charge is 2.07. The number of rotatable bonds is 6. The van der Waals surface area contributed by atoms with E-state index in [-0.39, 0.29) is 11.7 Å². The topological polar surface area (TPSA) is 84.7 Å². The molecule has 0 fully saturated rings. The number of carbonyl (C=O) groups excluding carboxylic acids is 1. The van der Waals surface area contributed by atoms with E-state index in [9.17, 15) is 9.18 Å². The maximum atomic E-state index is 12.9. The first-order chi connectivity index (χ1) is 12.5. The monoisotopic (exact) mass is 354 g/mol. The lowest BCUT2D eigenvalue weighted by atomic mass is 10.2. The second-order valence-corrected chi connectivity index (χ2v) is 5.79. The number of carbonyl (C=O) groups is 1. The van der Waals surface area contributed by atoms with Gasteiger partial charge in [-0.1, -0.05) is 0 Å². The zero-order valence-electron chi connectivity index (χ0n) is 14.5. The second kappa shape index (κ2) is 7.73. The van der Waals surface area contributed by atoms with E-state index in [1.54, 1.807) is 17.1 Å². The molecule has 0 bridgehead atoms. The Morgan fingerprint density at radius 2 is 1.92 bits per heavy atom. The summed E-state index contributed by atoms with van der Waals surface area (Å²) in [6.07, 6.45) is 3.25. The lowest BCUT2D eigenvalue weighted by molar-refractivity contribution is 0.0955. The Kier molecular flexibility index (Phi) is 5.21. The fourth-order valence-corrected chi connectivity index (χ4v) is 2.47. The van der Waals surface area contributed by atoms with Gasteiger partial charge in [-0.2, -0.15) is 5.10 Å². The van der Waals surface area contributed by atoms with Crippen molar-refractivity contribution < 1.29 is 9.18 Å². The number of aryl methyl sites for hydroxylation is 2. The van der Waals surface area contributed by atoms with Gasteiger partial charge in [-0.25, -0.2) is 14.1 Å². The standard InChI is InChI=1S/C18H19FN6O/c1-12-9-13(2)25(24-12)17-11-20-10-16(23-17)21-7-8-22-18(26)14-3-5-15(19)6-4-14/h3-6,9-11H,7-8H2,1-2H3,(H,21,23)(H,22,26). The number of nitrogens with one attached hydrogen (secondary N) is 2. The Labute approximate surface area is 150 Å². The van der Waals surface area contributed by atoms with Crippen molar-refractivity contribution in [1.29, 1.82) is 0 Å². The fourth-order valence-electron chi connectivity index (χ4n) is 2.47. The highest BCUT2D eigenvalue weighted by molar-refractivity contribution is 5.94. The van der Waals surface area contributed by atoms with Gasteiger partial charge in [0.2, 0.25) is 0 Å². The van der Waals surface area contributed by atoms with Gasteiger partial charge in [0.1, 0.15) is 11.6 Å². The number of aromatic nitrogens is 4. The summed E-state index contributed by atoms with van der Waals surface area (Å²) in [5, 5.41) is 10.2. The molecule has 1 aromatic carbocycles. The Morgan fingerprint density at radius 3 is 2.62 bits per heavy atom. The molecule has 0 atom stereocenters. The zero-order valence-corrected chi connectivity index (χ0v) is 14.5. The smallest absolute Gasteiger partial charge is 0.251 e. The molecule has 0 spiro atoms. The number of halogens is 1. The third-order valence-electron chi connectivity index (χ3n) is 3.67. The van der Waals surface area contributed by atoms with Crippen LogP contribution >= 0.6 is 0 Å². The van der Waals surface area contributed by atoms with Crippen molar-refractivity contribution in [2.45, 2.75) is 13.8 Å². The number of anilines is 1. The molecule has 3 aromatic rings. The molecule has 0 unspecified atom stereocenters. The van der Waals surface area contributed by atoms with Gasteiger partial charge in [0, 0.05) is 24.3 Å². The van der Waals surface area contributed by atoms with E-state index < -0.39 is 0 Å². The van der Waals surface area contributed by atoms with Gasteiger partial charge in [-0.3, -0.25) is 9.78 Å². The molecule has 0 radical (unpaired) electrons. The molecule has 0 aliphatic carbocycles. The Balaban J connectivity index is 1.54. The molecule has 2 heterocycles. The van der Waals surface area contributed by atoms with Crippen molar-refractivity contribution in [2.75, 3.05) is 18.4 Å². The van der Waals surface area contributed by atoms with Gasteiger partial charge in [0.05, 0.1) is 18.1 Å². The van der Waals surface area contributed by atoms with Gasteiger partial charge in [0.15, 0.2) is 5.82 Å². The largest absolute Gasteiger partial charge is 0.367 e. The number of hydrogen-bond donors (Lipinski definition) is 2. The van der Waals surface area contributed by atoms with Gasteiger partial charge in [-0.05, 0) is 44.2 Å².